The van der Waals surface area contributed by atoms with Crippen LogP contribution in [-0.4, -0.2) is 26.1 Å². The minimum Gasteiger partial charge on any atom is -0.481 e. The lowest BCUT2D eigenvalue weighted by molar-refractivity contribution is -0.137. The summed E-state index contributed by atoms with van der Waals surface area (Å²) in [6.07, 6.45) is 4.34. The van der Waals surface area contributed by atoms with Crippen LogP contribution in [0.15, 0.2) is 30.5 Å². The fourth-order valence-corrected chi connectivity index (χ4v) is 2.02. The molecule has 0 bridgehead atoms. The van der Waals surface area contributed by atoms with Gasteiger partial charge in [-0.15, -0.1) is 5.10 Å². The van der Waals surface area contributed by atoms with Crippen molar-refractivity contribution in [1.82, 2.24) is 15.0 Å². The molecule has 0 unspecified atom stereocenters. The SMILES string of the molecule is O=C(O)CCCCc1cn(Cc2ccc(Cl)cc2)nn1. The molecule has 0 radical (unpaired) electrons. The van der Waals surface area contributed by atoms with E-state index in [1.54, 1.807) is 4.68 Å². The van der Waals surface area contributed by atoms with E-state index in [-0.39, 0.29) is 6.42 Å². The van der Waals surface area contributed by atoms with E-state index in [0.29, 0.717) is 18.0 Å². The van der Waals surface area contributed by atoms with E-state index in [4.69, 9.17) is 16.7 Å². The Hall–Kier alpha value is -1.88. The number of aryl methyl sites for hydroxylation is 1. The zero-order chi connectivity index (χ0) is 14.4. The molecule has 0 aliphatic heterocycles. The van der Waals surface area contributed by atoms with Crippen LogP contribution >= 0.6 is 11.6 Å². The van der Waals surface area contributed by atoms with Crippen LogP contribution in [0.25, 0.3) is 0 Å². The molecule has 0 atom stereocenters. The summed E-state index contributed by atoms with van der Waals surface area (Å²) in [6.45, 7) is 0.652. The van der Waals surface area contributed by atoms with Crippen LogP contribution in [-0.2, 0) is 17.8 Å². The summed E-state index contributed by atoms with van der Waals surface area (Å²) >= 11 is 5.84. The third kappa shape index (κ3) is 4.66. The minimum atomic E-state index is -0.753. The Morgan fingerprint density at radius 1 is 1.25 bits per heavy atom. The predicted octanol–water partition coefficient (Wildman–Crippen LogP) is 2.78. The molecular formula is C14H16ClN3O2. The molecule has 106 valence electrons. The van der Waals surface area contributed by atoms with E-state index < -0.39 is 5.97 Å². The normalized spacial score (nSPS) is 10.7. The van der Waals surface area contributed by atoms with Crippen LogP contribution in [0.5, 0.6) is 0 Å². The molecular weight excluding hydrogens is 278 g/mol. The highest BCUT2D eigenvalue weighted by molar-refractivity contribution is 6.30. The Bertz CT molecular complexity index is 566. The van der Waals surface area contributed by atoms with Gasteiger partial charge in [0.15, 0.2) is 0 Å². The standard InChI is InChI=1S/C14H16ClN3O2/c15-12-7-5-11(6-8-12)9-18-10-13(16-17-18)3-1-2-4-14(19)20/h5-8,10H,1-4,9H2,(H,19,20). The van der Waals surface area contributed by atoms with Gasteiger partial charge in [0, 0.05) is 17.6 Å². The van der Waals surface area contributed by atoms with Gasteiger partial charge in [-0.3, -0.25) is 4.79 Å². The molecule has 2 aromatic rings. The second-order valence-corrected chi connectivity index (χ2v) is 5.07. The van der Waals surface area contributed by atoms with Crippen molar-refractivity contribution >= 4 is 17.6 Å². The van der Waals surface area contributed by atoms with Gasteiger partial charge in [-0.1, -0.05) is 28.9 Å². The third-order valence-electron chi connectivity index (χ3n) is 2.92. The number of rotatable bonds is 7. The zero-order valence-corrected chi connectivity index (χ0v) is 11.8. The summed E-state index contributed by atoms with van der Waals surface area (Å²) < 4.78 is 1.77. The molecule has 0 saturated heterocycles. The molecule has 1 aromatic heterocycles. The quantitative estimate of drug-likeness (QED) is 0.797. The Labute approximate surface area is 122 Å². The predicted molar refractivity (Wildman–Crippen MR) is 75.8 cm³/mol. The lowest BCUT2D eigenvalue weighted by atomic mass is 10.1. The van der Waals surface area contributed by atoms with Crippen LogP contribution in [0.1, 0.15) is 30.5 Å². The summed E-state index contributed by atoms with van der Waals surface area (Å²) in [6, 6.07) is 7.61. The monoisotopic (exact) mass is 293 g/mol. The Kier molecular flexibility index (Phi) is 5.12. The number of carbonyl (C=O) groups is 1. The lowest BCUT2D eigenvalue weighted by Gasteiger charge is -2.00. The van der Waals surface area contributed by atoms with Crippen molar-refractivity contribution in [2.45, 2.75) is 32.2 Å². The number of hydrogen-bond acceptors (Lipinski definition) is 3. The number of carboxylic acids is 1. The van der Waals surface area contributed by atoms with Crippen LogP contribution in [0.2, 0.25) is 5.02 Å². The molecule has 20 heavy (non-hydrogen) atoms. The first-order valence-electron chi connectivity index (χ1n) is 6.49. The molecule has 1 N–H and O–H groups in total. The molecule has 5 nitrogen and oxygen atoms in total. The number of benzene rings is 1. The molecule has 0 fully saturated rings. The first-order valence-corrected chi connectivity index (χ1v) is 6.86. The molecule has 6 heteroatoms. The fourth-order valence-electron chi connectivity index (χ4n) is 1.89. The molecule has 2 rings (SSSR count). The highest BCUT2D eigenvalue weighted by atomic mass is 35.5. The highest BCUT2D eigenvalue weighted by Crippen LogP contribution is 2.11. The molecule has 0 aliphatic rings. The number of halogens is 1. The third-order valence-corrected chi connectivity index (χ3v) is 3.17. The fraction of sp³-hybridized carbons (Fsp3) is 0.357. The number of carboxylic acid groups (broad SMARTS) is 1. The van der Waals surface area contributed by atoms with E-state index in [1.165, 1.54) is 0 Å². The van der Waals surface area contributed by atoms with Crippen molar-refractivity contribution in [3.05, 3.63) is 46.7 Å². The van der Waals surface area contributed by atoms with Gasteiger partial charge in [0.2, 0.25) is 0 Å². The lowest BCUT2D eigenvalue weighted by Crippen LogP contribution is -2.00. The highest BCUT2D eigenvalue weighted by Gasteiger charge is 2.03. The summed E-state index contributed by atoms with van der Waals surface area (Å²) in [5, 5.41) is 17.4. The van der Waals surface area contributed by atoms with Gasteiger partial charge in [-0.05, 0) is 37.0 Å². The van der Waals surface area contributed by atoms with Gasteiger partial charge >= 0.3 is 5.97 Å². The first-order chi connectivity index (χ1) is 9.63. The number of nitrogens with zero attached hydrogens (tertiary/aromatic N) is 3. The summed E-state index contributed by atoms with van der Waals surface area (Å²) in [5.41, 5.74) is 2.00. The topological polar surface area (TPSA) is 68.0 Å². The van der Waals surface area contributed by atoms with Crippen LogP contribution in [0.3, 0.4) is 0 Å². The van der Waals surface area contributed by atoms with Crippen LogP contribution in [0, 0.1) is 0 Å². The number of aromatic nitrogens is 3. The number of unbranched alkanes of at least 4 members (excludes halogenated alkanes) is 1. The summed E-state index contributed by atoms with van der Waals surface area (Å²) in [7, 11) is 0. The minimum absolute atomic E-state index is 0.207. The number of hydrogen-bond donors (Lipinski definition) is 1. The summed E-state index contributed by atoms with van der Waals surface area (Å²) in [4.78, 5) is 10.4. The smallest absolute Gasteiger partial charge is 0.303 e. The molecule has 0 spiro atoms. The van der Waals surface area contributed by atoms with Gasteiger partial charge in [0.25, 0.3) is 0 Å². The zero-order valence-electron chi connectivity index (χ0n) is 11.0. The van der Waals surface area contributed by atoms with Gasteiger partial charge in [0.05, 0.1) is 12.2 Å². The van der Waals surface area contributed by atoms with Crippen LogP contribution < -0.4 is 0 Å². The van der Waals surface area contributed by atoms with Crippen molar-refractivity contribution in [2.24, 2.45) is 0 Å². The molecule has 1 aromatic carbocycles. The largest absolute Gasteiger partial charge is 0.481 e. The van der Waals surface area contributed by atoms with E-state index in [0.717, 1.165) is 24.1 Å². The van der Waals surface area contributed by atoms with E-state index >= 15 is 0 Å². The molecule has 1 heterocycles. The maximum Gasteiger partial charge on any atom is 0.303 e. The average Bonchev–Trinajstić information content (AvgIpc) is 2.85. The molecule has 0 amide bonds. The van der Waals surface area contributed by atoms with Gasteiger partial charge in [0.1, 0.15) is 0 Å². The Morgan fingerprint density at radius 2 is 2.00 bits per heavy atom. The van der Waals surface area contributed by atoms with Gasteiger partial charge in [-0.2, -0.15) is 0 Å². The van der Waals surface area contributed by atoms with Crippen molar-refractivity contribution in [3.63, 3.8) is 0 Å². The van der Waals surface area contributed by atoms with Crippen LogP contribution in [0.4, 0.5) is 0 Å². The average molecular weight is 294 g/mol. The molecule has 0 saturated carbocycles. The first kappa shape index (κ1) is 14.5. The van der Waals surface area contributed by atoms with Crippen molar-refractivity contribution in [2.75, 3.05) is 0 Å². The van der Waals surface area contributed by atoms with E-state index in [1.807, 2.05) is 30.5 Å². The van der Waals surface area contributed by atoms with Gasteiger partial charge < -0.3 is 5.11 Å². The van der Waals surface area contributed by atoms with E-state index in [2.05, 4.69) is 10.3 Å². The number of aliphatic carboxylic acids is 1. The van der Waals surface area contributed by atoms with E-state index in [9.17, 15) is 4.79 Å². The second kappa shape index (κ2) is 7.05. The maximum atomic E-state index is 10.4. The Balaban J connectivity index is 1.82. The van der Waals surface area contributed by atoms with Crippen molar-refractivity contribution in [3.8, 4) is 0 Å². The molecule has 0 aliphatic carbocycles. The van der Waals surface area contributed by atoms with Gasteiger partial charge in [-0.25, -0.2) is 4.68 Å². The van der Waals surface area contributed by atoms with Crippen molar-refractivity contribution in [1.29, 1.82) is 0 Å². The maximum absolute atomic E-state index is 10.4. The summed E-state index contributed by atoms with van der Waals surface area (Å²) in [5.74, 6) is -0.753. The Morgan fingerprint density at radius 3 is 2.70 bits per heavy atom. The second-order valence-electron chi connectivity index (χ2n) is 4.63. The van der Waals surface area contributed by atoms with Crippen molar-refractivity contribution < 1.29 is 9.90 Å².